The van der Waals surface area contributed by atoms with Crippen LogP contribution in [0.3, 0.4) is 0 Å². The molecule has 0 aliphatic carbocycles. The second-order valence-electron chi connectivity index (χ2n) is 7.57. The highest BCUT2D eigenvalue weighted by atomic mass is 35.5. The Hall–Kier alpha value is -3.61. The summed E-state index contributed by atoms with van der Waals surface area (Å²) in [4.78, 5) is 41.7. The molecule has 4 aromatic rings. The van der Waals surface area contributed by atoms with Crippen LogP contribution in [-0.4, -0.2) is 17.6 Å². The van der Waals surface area contributed by atoms with Crippen molar-refractivity contribution in [3.05, 3.63) is 111 Å². The van der Waals surface area contributed by atoms with E-state index in [1.165, 1.54) is 12.1 Å². The second-order valence-corrected chi connectivity index (χ2v) is 9.01. The van der Waals surface area contributed by atoms with Crippen molar-refractivity contribution in [2.24, 2.45) is 0 Å². The molecule has 0 unspecified atom stereocenters. The predicted molar refractivity (Wildman–Crippen MR) is 127 cm³/mol. The molecule has 0 bridgehead atoms. The summed E-state index contributed by atoms with van der Waals surface area (Å²) in [6, 6.07) is 18.9. The molecule has 0 saturated carbocycles. The number of hydrogen-bond acceptors (Lipinski definition) is 4. The van der Waals surface area contributed by atoms with Crippen molar-refractivity contribution in [1.29, 1.82) is 0 Å². The molecule has 0 saturated heterocycles. The van der Waals surface area contributed by atoms with Crippen molar-refractivity contribution < 1.29 is 18.8 Å². The highest BCUT2D eigenvalue weighted by Gasteiger charge is 2.40. The topological polar surface area (TPSA) is 54.5 Å². The SMILES string of the molecule is Cc1c(-c2ccc(F)cc2)sc(N2C(=O)c3ccccc3C2=O)c1C(=O)c1ccc(Cl)cc1. The van der Waals surface area contributed by atoms with Crippen LogP contribution < -0.4 is 4.90 Å². The largest absolute Gasteiger partial charge is 0.288 e. The summed E-state index contributed by atoms with van der Waals surface area (Å²) in [5.41, 5.74) is 2.52. The fraction of sp³-hybridized carbons (Fsp3) is 0.0385. The summed E-state index contributed by atoms with van der Waals surface area (Å²) in [5.74, 6) is -1.67. The molecule has 2 heterocycles. The number of ketones is 1. The lowest BCUT2D eigenvalue weighted by molar-refractivity contribution is 0.0927. The molecular weight excluding hydrogens is 461 g/mol. The van der Waals surface area contributed by atoms with Gasteiger partial charge < -0.3 is 0 Å². The Morgan fingerprint density at radius 3 is 2.03 bits per heavy atom. The van der Waals surface area contributed by atoms with Crippen LogP contribution in [0.15, 0.2) is 72.8 Å². The maximum atomic E-state index is 13.6. The van der Waals surface area contributed by atoms with E-state index in [1.807, 2.05) is 0 Å². The van der Waals surface area contributed by atoms with Crippen LogP contribution >= 0.6 is 22.9 Å². The summed E-state index contributed by atoms with van der Waals surface area (Å²) in [6.45, 7) is 1.76. The fourth-order valence-electron chi connectivity index (χ4n) is 3.92. The molecular formula is C26H15ClFNO3S. The number of carbonyl (C=O) groups excluding carboxylic acids is 3. The molecule has 0 radical (unpaired) electrons. The normalized spacial score (nSPS) is 12.9. The average Bonchev–Trinajstić information content (AvgIpc) is 3.28. The van der Waals surface area contributed by atoms with Gasteiger partial charge in [0.1, 0.15) is 10.8 Å². The van der Waals surface area contributed by atoms with E-state index in [4.69, 9.17) is 11.6 Å². The molecule has 4 nitrogen and oxygen atoms in total. The summed E-state index contributed by atoms with van der Waals surface area (Å²) >= 11 is 7.14. The Labute approximate surface area is 197 Å². The highest BCUT2D eigenvalue weighted by molar-refractivity contribution is 7.20. The Morgan fingerprint density at radius 1 is 0.879 bits per heavy atom. The lowest BCUT2D eigenvalue weighted by Gasteiger charge is -2.14. The van der Waals surface area contributed by atoms with Gasteiger partial charge in [-0.15, -0.1) is 11.3 Å². The van der Waals surface area contributed by atoms with Gasteiger partial charge in [-0.3, -0.25) is 14.4 Å². The second kappa shape index (κ2) is 8.06. The van der Waals surface area contributed by atoms with Crippen molar-refractivity contribution in [3.63, 3.8) is 0 Å². The van der Waals surface area contributed by atoms with Crippen LogP contribution in [0.2, 0.25) is 5.02 Å². The standard InChI is InChI=1S/C26H15ClFNO3S/c1-14-21(22(30)15-6-10-17(27)11-7-15)26(33-23(14)16-8-12-18(28)13-9-16)29-24(31)19-4-2-3-5-20(19)25(29)32/h2-13H,1H3. The van der Waals surface area contributed by atoms with E-state index < -0.39 is 11.8 Å². The average molecular weight is 476 g/mol. The van der Waals surface area contributed by atoms with Crippen LogP contribution in [0.4, 0.5) is 9.39 Å². The minimum absolute atomic E-state index is 0.248. The lowest BCUT2D eigenvalue weighted by atomic mass is 9.99. The molecule has 0 atom stereocenters. The first-order valence-corrected chi connectivity index (χ1v) is 11.2. The van der Waals surface area contributed by atoms with Crippen LogP contribution in [0.25, 0.3) is 10.4 Å². The third-order valence-corrected chi connectivity index (χ3v) is 7.14. The number of halogens is 2. The number of carbonyl (C=O) groups is 3. The maximum Gasteiger partial charge on any atom is 0.266 e. The monoisotopic (exact) mass is 475 g/mol. The summed E-state index contributed by atoms with van der Waals surface area (Å²) in [5, 5.41) is 0.735. The summed E-state index contributed by atoms with van der Waals surface area (Å²) in [6.07, 6.45) is 0. The van der Waals surface area contributed by atoms with Crippen molar-refractivity contribution in [1.82, 2.24) is 0 Å². The molecule has 0 spiro atoms. The van der Waals surface area contributed by atoms with Gasteiger partial charge in [0.2, 0.25) is 0 Å². The van der Waals surface area contributed by atoms with Crippen LogP contribution in [0.5, 0.6) is 0 Å². The molecule has 3 aromatic carbocycles. The Morgan fingerprint density at radius 2 is 1.45 bits per heavy atom. The van der Waals surface area contributed by atoms with Gasteiger partial charge in [-0.25, -0.2) is 9.29 Å². The number of benzene rings is 3. The quantitative estimate of drug-likeness (QED) is 0.248. The van der Waals surface area contributed by atoms with E-state index in [1.54, 1.807) is 67.6 Å². The number of anilines is 1. The lowest BCUT2D eigenvalue weighted by Crippen LogP contribution is -2.30. The van der Waals surface area contributed by atoms with Gasteiger partial charge in [0.15, 0.2) is 5.78 Å². The Kier molecular flexibility index (Phi) is 5.19. The number of imide groups is 1. The molecule has 2 amide bonds. The van der Waals surface area contributed by atoms with E-state index in [2.05, 4.69) is 0 Å². The third-order valence-electron chi connectivity index (χ3n) is 5.57. The predicted octanol–water partition coefficient (Wildman–Crippen LogP) is 6.55. The van der Waals surface area contributed by atoms with E-state index in [0.29, 0.717) is 37.7 Å². The summed E-state index contributed by atoms with van der Waals surface area (Å²) < 4.78 is 13.5. The molecule has 5 rings (SSSR count). The highest BCUT2D eigenvalue weighted by Crippen LogP contribution is 2.45. The van der Waals surface area contributed by atoms with Gasteiger partial charge in [-0.1, -0.05) is 35.9 Å². The van der Waals surface area contributed by atoms with Gasteiger partial charge in [0.05, 0.1) is 16.7 Å². The Balaban J connectivity index is 1.71. The molecule has 0 fully saturated rings. The number of rotatable bonds is 4. The zero-order valence-electron chi connectivity index (χ0n) is 17.3. The number of hydrogen-bond donors (Lipinski definition) is 0. The van der Waals surface area contributed by atoms with Gasteiger partial charge in [-0.2, -0.15) is 0 Å². The zero-order valence-corrected chi connectivity index (χ0v) is 18.8. The van der Waals surface area contributed by atoms with Crippen LogP contribution in [0, 0.1) is 12.7 Å². The first-order chi connectivity index (χ1) is 15.9. The molecule has 1 aliphatic heterocycles. The van der Waals surface area contributed by atoms with E-state index >= 15 is 0 Å². The number of amides is 2. The number of thiophene rings is 1. The van der Waals surface area contributed by atoms with Gasteiger partial charge in [-0.05, 0) is 66.6 Å². The smallest absolute Gasteiger partial charge is 0.266 e. The first-order valence-electron chi connectivity index (χ1n) is 10.0. The minimum atomic E-state index is -0.479. The molecule has 0 N–H and O–H groups in total. The molecule has 1 aliphatic rings. The molecule has 33 heavy (non-hydrogen) atoms. The van der Waals surface area contributed by atoms with Gasteiger partial charge in [0.25, 0.3) is 11.8 Å². The van der Waals surface area contributed by atoms with Gasteiger partial charge >= 0.3 is 0 Å². The van der Waals surface area contributed by atoms with Crippen molar-refractivity contribution in [2.45, 2.75) is 6.92 Å². The molecule has 7 heteroatoms. The van der Waals surface area contributed by atoms with Crippen LogP contribution in [0.1, 0.15) is 42.2 Å². The van der Waals surface area contributed by atoms with E-state index in [-0.39, 0.29) is 22.2 Å². The number of fused-ring (bicyclic) bond motifs is 1. The summed E-state index contributed by atoms with van der Waals surface area (Å²) in [7, 11) is 0. The van der Waals surface area contributed by atoms with Crippen molar-refractivity contribution >= 4 is 45.5 Å². The fourth-order valence-corrected chi connectivity index (χ4v) is 5.35. The van der Waals surface area contributed by atoms with E-state index in [9.17, 15) is 18.8 Å². The molecule has 1 aromatic heterocycles. The zero-order chi connectivity index (χ0) is 23.3. The van der Waals surface area contributed by atoms with Crippen molar-refractivity contribution in [2.75, 3.05) is 4.90 Å². The Bertz CT molecular complexity index is 1410. The maximum absolute atomic E-state index is 13.6. The minimum Gasteiger partial charge on any atom is -0.288 e. The third kappa shape index (κ3) is 3.48. The van der Waals surface area contributed by atoms with E-state index in [0.717, 1.165) is 16.2 Å². The van der Waals surface area contributed by atoms with Gasteiger partial charge in [0, 0.05) is 15.5 Å². The van der Waals surface area contributed by atoms with Crippen molar-refractivity contribution in [3.8, 4) is 10.4 Å². The van der Waals surface area contributed by atoms with Crippen LogP contribution in [-0.2, 0) is 0 Å². The molecule has 162 valence electrons. The number of nitrogens with zero attached hydrogens (tertiary/aromatic N) is 1. The first kappa shape index (κ1) is 21.2.